The summed E-state index contributed by atoms with van der Waals surface area (Å²) < 4.78 is 13.3. The summed E-state index contributed by atoms with van der Waals surface area (Å²) in [6.07, 6.45) is 4.08. The minimum Gasteiger partial charge on any atom is -0.484 e. The number of hydrogen-bond acceptors (Lipinski definition) is 6. The van der Waals surface area contributed by atoms with Crippen LogP contribution in [-0.2, 0) is 12.4 Å². The number of imidazole rings is 1. The zero-order chi connectivity index (χ0) is 17.9. The van der Waals surface area contributed by atoms with Crippen LogP contribution in [0, 0.1) is 13.8 Å². The molecule has 3 aromatic heterocycles. The topological polar surface area (TPSA) is 65.5 Å². The van der Waals surface area contributed by atoms with Gasteiger partial charge in [0.15, 0.2) is 6.61 Å². The zero-order valence-electron chi connectivity index (χ0n) is 14.5. The number of pyridine rings is 1. The Bertz CT molecular complexity index is 1040. The molecule has 4 aromatic rings. The zero-order valence-corrected chi connectivity index (χ0v) is 15.4. The van der Waals surface area contributed by atoms with E-state index < -0.39 is 0 Å². The Labute approximate surface area is 155 Å². The lowest BCUT2D eigenvalue weighted by Gasteiger charge is -2.03. The maximum atomic E-state index is 5.68. The molecule has 3 heterocycles. The number of aryl methyl sites for hydroxylation is 2. The summed E-state index contributed by atoms with van der Waals surface area (Å²) in [5.41, 5.74) is 4.25. The molecule has 0 saturated carbocycles. The summed E-state index contributed by atoms with van der Waals surface area (Å²) in [5, 5.41) is 8.61. The van der Waals surface area contributed by atoms with Crippen molar-refractivity contribution in [2.45, 2.75) is 31.4 Å². The summed E-state index contributed by atoms with van der Waals surface area (Å²) in [4.78, 5) is 4.59. The van der Waals surface area contributed by atoms with Gasteiger partial charge in [-0.15, -0.1) is 10.2 Å². The van der Waals surface area contributed by atoms with E-state index in [-0.39, 0.29) is 6.61 Å². The molecule has 4 rings (SSSR count). The summed E-state index contributed by atoms with van der Waals surface area (Å²) in [6.45, 7) is 4.34. The van der Waals surface area contributed by atoms with Crippen LogP contribution in [0.4, 0.5) is 0 Å². The number of ether oxygens (including phenoxy) is 1. The minimum absolute atomic E-state index is 0.255. The van der Waals surface area contributed by atoms with Crippen LogP contribution in [0.2, 0.25) is 0 Å². The largest absolute Gasteiger partial charge is 0.484 e. The predicted molar refractivity (Wildman–Crippen MR) is 99.3 cm³/mol. The third-order valence-corrected chi connectivity index (χ3v) is 4.64. The van der Waals surface area contributed by atoms with E-state index in [4.69, 9.17) is 9.15 Å². The number of fused-ring (bicyclic) bond motifs is 1. The van der Waals surface area contributed by atoms with Crippen LogP contribution in [0.1, 0.15) is 22.7 Å². The monoisotopic (exact) mass is 366 g/mol. The van der Waals surface area contributed by atoms with Crippen LogP contribution in [0.15, 0.2) is 58.4 Å². The van der Waals surface area contributed by atoms with Crippen molar-refractivity contribution >= 4 is 17.4 Å². The smallest absolute Gasteiger partial charge is 0.277 e. The van der Waals surface area contributed by atoms with Crippen molar-refractivity contribution in [3.63, 3.8) is 0 Å². The molecule has 0 atom stereocenters. The highest BCUT2D eigenvalue weighted by molar-refractivity contribution is 7.98. The van der Waals surface area contributed by atoms with E-state index in [1.54, 1.807) is 0 Å². The molecule has 0 spiro atoms. The SMILES string of the molecule is Cc1cccc(OCc2nnc(SCc3cn4cc(C)ccc4n3)o2)c1. The highest BCUT2D eigenvalue weighted by atomic mass is 32.2. The van der Waals surface area contributed by atoms with Gasteiger partial charge in [-0.2, -0.15) is 0 Å². The molecule has 1 aromatic carbocycles. The van der Waals surface area contributed by atoms with Crippen LogP contribution in [-0.4, -0.2) is 19.6 Å². The molecule has 26 heavy (non-hydrogen) atoms. The van der Waals surface area contributed by atoms with Gasteiger partial charge in [0.05, 0.1) is 5.69 Å². The van der Waals surface area contributed by atoms with Gasteiger partial charge in [-0.05, 0) is 43.2 Å². The Hall–Kier alpha value is -2.80. The second-order valence-electron chi connectivity index (χ2n) is 6.06. The van der Waals surface area contributed by atoms with Gasteiger partial charge >= 0.3 is 0 Å². The van der Waals surface area contributed by atoms with Crippen molar-refractivity contribution in [1.29, 1.82) is 0 Å². The summed E-state index contributed by atoms with van der Waals surface area (Å²) in [5.74, 6) is 1.92. The predicted octanol–water partition coefficient (Wildman–Crippen LogP) is 4.21. The Morgan fingerprint density at radius 2 is 2.00 bits per heavy atom. The lowest BCUT2D eigenvalue weighted by molar-refractivity contribution is 0.252. The first-order chi connectivity index (χ1) is 12.7. The lowest BCUT2D eigenvalue weighted by atomic mass is 10.2. The molecule has 0 bridgehead atoms. The molecule has 0 amide bonds. The average Bonchev–Trinajstić information content (AvgIpc) is 3.24. The Balaban J connectivity index is 1.35. The van der Waals surface area contributed by atoms with Crippen LogP contribution in [0.25, 0.3) is 5.65 Å². The fourth-order valence-corrected chi connectivity index (χ4v) is 3.23. The number of hydrogen-bond donors (Lipinski definition) is 0. The van der Waals surface area contributed by atoms with Crippen LogP contribution in [0.3, 0.4) is 0 Å². The highest BCUT2D eigenvalue weighted by Gasteiger charge is 2.09. The minimum atomic E-state index is 0.255. The van der Waals surface area contributed by atoms with Gasteiger partial charge in [0.25, 0.3) is 11.1 Å². The fourth-order valence-electron chi connectivity index (χ4n) is 2.57. The van der Waals surface area contributed by atoms with E-state index in [1.165, 1.54) is 17.3 Å². The molecule has 0 N–H and O–H groups in total. The van der Waals surface area contributed by atoms with Gasteiger partial charge in [-0.1, -0.05) is 30.0 Å². The highest BCUT2D eigenvalue weighted by Crippen LogP contribution is 2.22. The van der Waals surface area contributed by atoms with Gasteiger partial charge in [0, 0.05) is 18.1 Å². The molecular formula is C19H18N4O2S. The molecule has 0 aliphatic rings. The number of nitrogens with zero attached hydrogens (tertiary/aromatic N) is 4. The maximum Gasteiger partial charge on any atom is 0.277 e. The van der Waals surface area contributed by atoms with Gasteiger partial charge in [0.1, 0.15) is 11.4 Å². The third kappa shape index (κ3) is 3.88. The summed E-state index contributed by atoms with van der Waals surface area (Å²) in [7, 11) is 0. The van der Waals surface area contributed by atoms with Crippen LogP contribution in [0.5, 0.6) is 5.75 Å². The number of thioether (sulfide) groups is 1. The molecule has 6 nitrogen and oxygen atoms in total. The molecule has 7 heteroatoms. The normalized spacial score (nSPS) is 11.2. The molecule has 0 aliphatic heterocycles. The van der Waals surface area contributed by atoms with Crippen molar-refractivity contribution in [1.82, 2.24) is 19.6 Å². The van der Waals surface area contributed by atoms with E-state index in [1.807, 2.05) is 47.9 Å². The molecule has 0 radical (unpaired) electrons. The van der Waals surface area contributed by atoms with Gasteiger partial charge in [-0.25, -0.2) is 4.98 Å². The molecule has 132 valence electrons. The summed E-state index contributed by atoms with van der Waals surface area (Å²) >= 11 is 1.47. The fraction of sp³-hybridized carbons (Fsp3) is 0.211. The van der Waals surface area contributed by atoms with E-state index >= 15 is 0 Å². The standard InChI is InChI=1S/C19H18N4O2S/c1-13-4-3-5-16(8-13)24-11-18-21-22-19(25-18)26-12-15-10-23-9-14(2)6-7-17(23)20-15/h3-10H,11-12H2,1-2H3. The maximum absolute atomic E-state index is 5.68. The van der Waals surface area contributed by atoms with Crippen molar-refractivity contribution in [3.05, 3.63) is 71.5 Å². The molecule has 0 saturated heterocycles. The average molecular weight is 366 g/mol. The Morgan fingerprint density at radius 1 is 1.08 bits per heavy atom. The second kappa shape index (κ2) is 7.21. The van der Waals surface area contributed by atoms with E-state index in [2.05, 4.69) is 34.4 Å². The number of aromatic nitrogens is 4. The van der Waals surface area contributed by atoms with Crippen LogP contribution >= 0.6 is 11.8 Å². The molecule has 0 fully saturated rings. The Kier molecular flexibility index (Phi) is 4.62. The molecule has 0 aliphatic carbocycles. The van der Waals surface area contributed by atoms with Crippen molar-refractivity contribution in [2.24, 2.45) is 0 Å². The van der Waals surface area contributed by atoms with Crippen molar-refractivity contribution < 1.29 is 9.15 Å². The van der Waals surface area contributed by atoms with Gasteiger partial charge in [-0.3, -0.25) is 0 Å². The van der Waals surface area contributed by atoms with Gasteiger partial charge in [0.2, 0.25) is 0 Å². The second-order valence-corrected chi connectivity index (χ2v) is 6.99. The van der Waals surface area contributed by atoms with Crippen molar-refractivity contribution in [3.8, 4) is 5.75 Å². The van der Waals surface area contributed by atoms with E-state index in [0.717, 1.165) is 22.7 Å². The van der Waals surface area contributed by atoms with E-state index in [9.17, 15) is 0 Å². The quantitative estimate of drug-likeness (QED) is 0.476. The lowest BCUT2D eigenvalue weighted by Crippen LogP contribution is -1.95. The molecule has 0 unspecified atom stereocenters. The number of benzene rings is 1. The van der Waals surface area contributed by atoms with Crippen molar-refractivity contribution in [2.75, 3.05) is 0 Å². The Morgan fingerprint density at radius 3 is 2.88 bits per heavy atom. The third-order valence-electron chi connectivity index (χ3n) is 3.79. The van der Waals surface area contributed by atoms with Gasteiger partial charge < -0.3 is 13.6 Å². The number of rotatable bonds is 6. The van der Waals surface area contributed by atoms with Crippen LogP contribution < -0.4 is 4.74 Å². The first-order valence-corrected chi connectivity index (χ1v) is 9.23. The first kappa shape index (κ1) is 16.7. The molecular weight excluding hydrogens is 348 g/mol. The van der Waals surface area contributed by atoms with E-state index in [0.29, 0.717) is 16.9 Å². The first-order valence-electron chi connectivity index (χ1n) is 8.24. The summed E-state index contributed by atoms with van der Waals surface area (Å²) in [6, 6.07) is 11.9.